The van der Waals surface area contributed by atoms with E-state index >= 15 is 0 Å². The summed E-state index contributed by atoms with van der Waals surface area (Å²) in [6.45, 7) is 5.07. The van der Waals surface area contributed by atoms with Gasteiger partial charge in [-0.2, -0.15) is 0 Å². The molecule has 0 amide bonds. The Morgan fingerprint density at radius 3 is 2.90 bits per heavy atom. The molecule has 0 spiro atoms. The average Bonchev–Trinajstić information content (AvgIpc) is 1.91. The Morgan fingerprint density at radius 2 is 2.40 bits per heavy atom. The van der Waals surface area contributed by atoms with Gasteiger partial charge >= 0.3 is 0 Å². The van der Waals surface area contributed by atoms with Crippen molar-refractivity contribution in [2.45, 2.75) is 25.8 Å². The molecule has 1 rings (SSSR count). The first-order chi connectivity index (χ1) is 4.43. The van der Waals surface area contributed by atoms with Gasteiger partial charge in [-0.1, -0.05) is 6.92 Å². The SMILES string of the molecule is CCN[C@@H]1CCCOC1.Cl. The highest BCUT2D eigenvalue weighted by molar-refractivity contribution is 5.85. The van der Waals surface area contributed by atoms with Gasteiger partial charge in [0.2, 0.25) is 0 Å². The van der Waals surface area contributed by atoms with Crippen molar-refractivity contribution < 1.29 is 4.74 Å². The van der Waals surface area contributed by atoms with Crippen molar-refractivity contribution in [1.82, 2.24) is 5.32 Å². The van der Waals surface area contributed by atoms with Crippen LogP contribution in [0.2, 0.25) is 0 Å². The van der Waals surface area contributed by atoms with Gasteiger partial charge in [0.25, 0.3) is 0 Å². The summed E-state index contributed by atoms with van der Waals surface area (Å²) in [5.41, 5.74) is 0. The number of ether oxygens (including phenoxy) is 1. The lowest BCUT2D eigenvalue weighted by molar-refractivity contribution is 0.0711. The van der Waals surface area contributed by atoms with Crippen molar-refractivity contribution in [2.75, 3.05) is 19.8 Å². The lowest BCUT2D eigenvalue weighted by Crippen LogP contribution is -2.36. The number of rotatable bonds is 2. The van der Waals surface area contributed by atoms with E-state index in [2.05, 4.69) is 12.2 Å². The quantitative estimate of drug-likeness (QED) is 0.664. The fourth-order valence-corrected chi connectivity index (χ4v) is 1.19. The van der Waals surface area contributed by atoms with Gasteiger partial charge in [0.05, 0.1) is 6.61 Å². The maximum absolute atomic E-state index is 5.27. The van der Waals surface area contributed by atoms with E-state index in [1.807, 2.05) is 0 Å². The summed E-state index contributed by atoms with van der Waals surface area (Å²) in [7, 11) is 0. The van der Waals surface area contributed by atoms with E-state index in [9.17, 15) is 0 Å². The lowest BCUT2D eigenvalue weighted by atomic mass is 10.1. The first-order valence-corrected chi connectivity index (χ1v) is 3.74. The van der Waals surface area contributed by atoms with E-state index in [-0.39, 0.29) is 12.4 Å². The minimum atomic E-state index is 0. The molecule has 1 atom stereocenters. The van der Waals surface area contributed by atoms with Crippen molar-refractivity contribution in [1.29, 1.82) is 0 Å². The summed E-state index contributed by atoms with van der Waals surface area (Å²) in [5.74, 6) is 0. The molecule has 1 aliphatic rings. The summed E-state index contributed by atoms with van der Waals surface area (Å²) in [5, 5.41) is 3.36. The van der Waals surface area contributed by atoms with E-state index < -0.39 is 0 Å². The average molecular weight is 166 g/mol. The highest BCUT2D eigenvalue weighted by Crippen LogP contribution is 2.04. The van der Waals surface area contributed by atoms with Gasteiger partial charge < -0.3 is 10.1 Å². The third-order valence-corrected chi connectivity index (χ3v) is 1.65. The van der Waals surface area contributed by atoms with Crippen LogP contribution in [0.1, 0.15) is 19.8 Å². The van der Waals surface area contributed by atoms with Crippen LogP contribution in [0.4, 0.5) is 0 Å². The van der Waals surface area contributed by atoms with Crippen LogP contribution in [0.25, 0.3) is 0 Å². The molecular formula is C7H16ClNO. The van der Waals surface area contributed by atoms with E-state index in [1.54, 1.807) is 0 Å². The second-order valence-corrected chi connectivity index (χ2v) is 2.47. The first-order valence-electron chi connectivity index (χ1n) is 3.74. The number of hydrogen-bond acceptors (Lipinski definition) is 2. The van der Waals surface area contributed by atoms with Crippen molar-refractivity contribution in [2.24, 2.45) is 0 Å². The molecule has 0 aromatic heterocycles. The number of likely N-dealkylation sites (N-methyl/N-ethyl adjacent to an activating group) is 1. The zero-order chi connectivity index (χ0) is 6.53. The van der Waals surface area contributed by atoms with Crippen LogP contribution < -0.4 is 5.32 Å². The van der Waals surface area contributed by atoms with Gasteiger partial charge in [-0.15, -0.1) is 12.4 Å². The van der Waals surface area contributed by atoms with Crippen molar-refractivity contribution in [3.05, 3.63) is 0 Å². The standard InChI is InChI=1S/C7H15NO.ClH/c1-2-8-7-4-3-5-9-6-7;/h7-8H,2-6H2,1H3;1H/t7-;/m1./s1. The summed E-state index contributed by atoms with van der Waals surface area (Å²) in [6.07, 6.45) is 2.51. The second kappa shape index (κ2) is 5.96. The Balaban J connectivity index is 0.000000810. The molecular weight excluding hydrogens is 150 g/mol. The van der Waals surface area contributed by atoms with Gasteiger partial charge in [0.1, 0.15) is 0 Å². The van der Waals surface area contributed by atoms with Gasteiger partial charge in [0.15, 0.2) is 0 Å². The largest absolute Gasteiger partial charge is 0.380 e. The lowest BCUT2D eigenvalue weighted by Gasteiger charge is -2.22. The Morgan fingerprint density at radius 1 is 1.60 bits per heavy atom. The fraction of sp³-hybridized carbons (Fsp3) is 1.00. The number of halogens is 1. The molecule has 0 bridgehead atoms. The molecule has 1 heterocycles. The summed E-state index contributed by atoms with van der Waals surface area (Å²) in [4.78, 5) is 0. The molecule has 1 fully saturated rings. The zero-order valence-electron chi connectivity index (χ0n) is 6.43. The maximum atomic E-state index is 5.27. The Hall–Kier alpha value is 0.210. The van der Waals surface area contributed by atoms with Crippen LogP contribution >= 0.6 is 12.4 Å². The third-order valence-electron chi connectivity index (χ3n) is 1.65. The molecule has 0 unspecified atom stereocenters. The molecule has 1 saturated heterocycles. The fourth-order valence-electron chi connectivity index (χ4n) is 1.19. The Bertz CT molecular complexity index is 71.3. The van der Waals surface area contributed by atoms with Crippen LogP contribution in [-0.4, -0.2) is 25.8 Å². The monoisotopic (exact) mass is 165 g/mol. The van der Waals surface area contributed by atoms with E-state index in [0.717, 1.165) is 19.8 Å². The maximum Gasteiger partial charge on any atom is 0.0619 e. The van der Waals surface area contributed by atoms with Crippen LogP contribution in [0.15, 0.2) is 0 Å². The predicted molar refractivity (Wildman–Crippen MR) is 44.8 cm³/mol. The van der Waals surface area contributed by atoms with Crippen molar-refractivity contribution in [3.63, 3.8) is 0 Å². The van der Waals surface area contributed by atoms with Crippen molar-refractivity contribution >= 4 is 12.4 Å². The first kappa shape index (κ1) is 10.2. The minimum Gasteiger partial charge on any atom is -0.380 e. The van der Waals surface area contributed by atoms with Crippen molar-refractivity contribution in [3.8, 4) is 0 Å². The normalized spacial score (nSPS) is 25.5. The molecule has 0 aromatic carbocycles. The number of nitrogens with one attached hydrogen (secondary N) is 1. The van der Waals surface area contributed by atoms with Crippen LogP contribution in [0, 0.1) is 0 Å². The third kappa shape index (κ3) is 3.40. The minimum absolute atomic E-state index is 0. The molecule has 1 aliphatic heterocycles. The highest BCUT2D eigenvalue weighted by atomic mass is 35.5. The molecule has 0 saturated carbocycles. The summed E-state index contributed by atoms with van der Waals surface area (Å²) in [6, 6.07) is 0.628. The molecule has 10 heavy (non-hydrogen) atoms. The van der Waals surface area contributed by atoms with Gasteiger partial charge in [-0.3, -0.25) is 0 Å². The summed E-state index contributed by atoms with van der Waals surface area (Å²) >= 11 is 0. The molecule has 0 aliphatic carbocycles. The smallest absolute Gasteiger partial charge is 0.0619 e. The molecule has 2 nitrogen and oxygen atoms in total. The molecule has 1 N–H and O–H groups in total. The number of hydrogen-bond donors (Lipinski definition) is 1. The van der Waals surface area contributed by atoms with Crippen LogP contribution in [-0.2, 0) is 4.74 Å². The van der Waals surface area contributed by atoms with E-state index in [4.69, 9.17) is 4.74 Å². The predicted octanol–water partition coefficient (Wildman–Crippen LogP) is 1.20. The van der Waals surface area contributed by atoms with Gasteiger partial charge in [-0.05, 0) is 19.4 Å². The van der Waals surface area contributed by atoms with Gasteiger partial charge in [0, 0.05) is 12.6 Å². The highest BCUT2D eigenvalue weighted by Gasteiger charge is 2.10. The molecule has 62 valence electrons. The topological polar surface area (TPSA) is 21.3 Å². The van der Waals surface area contributed by atoms with Crippen LogP contribution in [0.5, 0.6) is 0 Å². The van der Waals surface area contributed by atoms with E-state index in [0.29, 0.717) is 6.04 Å². The summed E-state index contributed by atoms with van der Waals surface area (Å²) < 4.78 is 5.27. The molecule has 3 heteroatoms. The molecule has 0 radical (unpaired) electrons. The Kier molecular flexibility index (Phi) is 6.08. The molecule has 0 aromatic rings. The Labute approximate surface area is 68.7 Å². The second-order valence-electron chi connectivity index (χ2n) is 2.47. The van der Waals surface area contributed by atoms with Crippen LogP contribution in [0.3, 0.4) is 0 Å². The van der Waals surface area contributed by atoms with E-state index in [1.165, 1.54) is 12.8 Å². The van der Waals surface area contributed by atoms with Gasteiger partial charge in [-0.25, -0.2) is 0 Å². The zero-order valence-corrected chi connectivity index (χ0v) is 7.25.